The Labute approximate surface area is 109 Å². The van der Waals surface area contributed by atoms with Gasteiger partial charge >= 0.3 is 5.97 Å². The van der Waals surface area contributed by atoms with Crippen LogP contribution < -0.4 is 0 Å². The summed E-state index contributed by atoms with van der Waals surface area (Å²) in [6.07, 6.45) is -0.779. The molecule has 0 radical (unpaired) electrons. The van der Waals surface area contributed by atoms with Gasteiger partial charge in [-0.15, -0.1) is 0 Å². The van der Waals surface area contributed by atoms with Crippen LogP contribution in [0.25, 0.3) is 0 Å². The highest BCUT2D eigenvalue weighted by Gasteiger charge is 2.40. The van der Waals surface area contributed by atoms with E-state index in [1.54, 1.807) is 20.8 Å². The first-order chi connectivity index (χ1) is 8.41. The molecule has 0 aliphatic heterocycles. The van der Waals surface area contributed by atoms with Crippen LogP contribution in [0.3, 0.4) is 0 Å². The van der Waals surface area contributed by atoms with Crippen LogP contribution in [0.4, 0.5) is 0 Å². The van der Waals surface area contributed by atoms with Crippen LogP contribution in [-0.4, -0.2) is 23.8 Å². The molecule has 0 fully saturated rings. The first-order valence-electron chi connectivity index (χ1n) is 6.31. The highest BCUT2D eigenvalue weighted by molar-refractivity contribution is 5.76. The highest BCUT2D eigenvalue weighted by Crippen LogP contribution is 2.33. The van der Waals surface area contributed by atoms with Crippen molar-refractivity contribution in [2.24, 2.45) is 5.41 Å². The first kappa shape index (κ1) is 14.7. The van der Waals surface area contributed by atoms with Crippen molar-refractivity contribution < 1.29 is 14.6 Å². The molecule has 3 nitrogen and oxygen atoms in total. The molecule has 3 heteroatoms. The number of esters is 1. The second kappa shape index (κ2) is 6.01. The molecule has 0 amide bonds. The lowest BCUT2D eigenvalue weighted by molar-refractivity contribution is -0.160. The van der Waals surface area contributed by atoms with Gasteiger partial charge in [-0.25, -0.2) is 0 Å². The second-order valence-corrected chi connectivity index (χ2v) is 5.09. The molecule has 0 aliphatic carbocycles. The van der Waals surface area contributed by atoms with Crippen molar-refractivity contribution in [1.82, 2.24) is 0 Å². The van der Waals surface area contributed by atoms with E-state index >= 15 is 0 Å². The number of carbonyl (C=O) groups excluding carboxylic acids is 1. The van der Waals surface area contributed by atoms with Crippen LogP contribution in [0.15, 0.2) is 30.3 Å². The van der Waals surface area contributed by atoms with Crippen LogP contribution in [0.2, 0.25) is 0 Å². The predicted molar refractivity (Wildman–Crippen MR) is 71.3 cm³/mol. The van der Waals surface area contributed by atoms with E-state index in [2.05, 4.69) is 0 Å². The molecule has 0 spiro atoms. The van der Waals surface area contributed by atoms with E-state index in [1.165, 1.54) is 0 Å². The number of ether oxygens (including phenoxy) is 1. The summed E-state index contributed by atoms with van der Waals surface area (Å²) in [7, 11) is 0. The van der Waals surface area contributed by atoms with Crippen molar-refractivity contribution in [3.63, 3.8) is 0 Å². The average molecular weight is 250 g/mol. The molecule has 100 valence electrons. The van der Waals surface area contributed by atoms with E-state index < -0.39 is 11.5 Å². The van der Waals surface area contributed by atoms with Gasteiger partial charge in [0.05, 0.1) is 18.1 Å². The zero-order chi connectivity index (χ0) is 13.8. The molecule has 1 aromatic carbocycles. The maximum absolute atomic E-state index is 11.9. The number of rotatable bonds is 5. The van der Waals surface area contributed by atoms with Gasteiger partial charge in [0.1, 0.15) is 0 Å². The summed E-state index contributed by atoms with van der Waals surface area (Å²) in [6, 6.07) is 9.69. The number of benzene rings is 1. The van der Waals surface area contributed by atoms with Crippen molar-refractivity contribution in [3.8, 4) is 0 Å². The maximum Gasteiger partial charge on any atom is 0.314 e. The largest absolute Gasteiger partial charge is 0.466 e. The van der Waals surface area contributed by atoms with Crippen molar-refractivity contribution in [1.29, 1.82) is 0 Å². The lowest BCUT2D eigenvalue weighted by Crippen LogP contribution is -2.41. The molecule has 0 unspecified atom stereocenters. The fourth-order valence-electron chi connectivity index (χ4n) is 2.00. The van der Waals surface area contributed by atoms with Gasteiger partial charge in [0.15, 0.2) is 0 Å². The molecular weight excluding hydrogens is 228 g/mol. The quantitative estimate of drug-likeness (QED) is 0.817. The summed E-state index contributed by atoms with van der Waals surface area (Å²) in [6.45, 7) is 7.45. The van der Waals surface area contributed by atoms with E-state index in [0.717, 1.165) is 5.56 Å². The summed E-state index contributed by atoms with van der Waals surface area (Å²) in [4.78, 5) is 11.9. The minimum Gasteiger partial charge on any atom is -0.466 e. The van der Waals surface area contributed by atoms with E-state index in [4.69, 9.17) is 4.74 Å². The van der Waals surface area contributed by atoms with E-state index in [1.807, 2.05) is 37.3 Å². The smallest absolute Gasteiger partial charge is 0.314 e. The molecule has 0 aromatic heterocycles. The molecule has 0 aliphatic rings. The molecule has 2 atom stereocenters. The van der Waals surface area contributed by atoms with Crippen LogP contribution in [0.1, 0.15) is 39.2 Å². The van der Waals surface area contributed by atoms with Gasteiger partial charge in [-0.3, -0.25) is 4.79 Å². The number of aliphatic hydroxyl groups excluding tert-OH is 1. The Bertz CT molecular complexity index is 384. The molecule has 0 saturated heterocycles. The molecule has 18 heavy (non-hydrogen) atoms. The van der Waals surface area contributed by atoms with E-state index in [0.29, 0.717) is 6.61 Å². The number of hydrogen-bond donors (Lipinski definition) is 1. The van der Waals surface area contributed by atoms with Gasteiger partial charge < -0.3 is 9.84 Å². The fraction of sp³-hybridized carbons (Fsp3) is 0.533. The third-order valence-electron chi connectivity index (χ3n) is 3.34. The summed E-state index contributed by atoms with van der Waals surface area (Å²) < 4.78 is 5.01. The minimum atomic E-state index is -0.911. The predicted octanol–water partition coefficient (Wildman–Crippen LogP) is 2.74. The molecular formula is C15H22O3. The Morgan fingerprint density at radius 3 is 2.39 bits per heavy atom. The Balaban J connectivity index is 2.86. The van der Waals surface area contributed by atoms with E-state index in [9.17, 15) is 9.90 Å². The van der Waals surface area contributed by atoms with Crippen LogP contribution in [-0.2, 0) is 9.53 Å². The molecule has 0 heterocycles. The summed E-state index contributed by atoms with van der Waals surface area (Å²) in [5.74, 6) is -0.481. The Morgan fingerprint density at radius 2 is 1.89 bits per heavy atom. The molecule has 1 N–H and O–H groups in total. The lowest BCUT2D eigenvalue weighted by atomic mass is 9.77. The lowest BCUT2D eigenvalue weighted by Gasteiger charge is -2.32. The van der Waals surface area contributed by atoms with Crippen molar-refractivity contribution >= 4 is 5.97 Å². The zero-order valence-electron chi connectivity index (χ0n) is 11.5. The Kier molecular flexibility index (Phi) is 4.91. The Hall–Kier alpha value is -1.35. The maximum atomic E-state index is 11.9. The summed E-state index contributed by atoms with van der Waals surface area (Å²) >= 11 is 0. The van der Waals surface area contributed by atoms with Gasteiger partial charge in [0.2, 0.25) is 0 Å². The summed E-state index contributed by atoms with van der Waals surface area (Å²) in [5, 5.41) is 10.4. The number of carbonyl (C=O) groups is 1. The van der Waals surface area contributed by atoms with Gasteiger partial charge in [0, 0.05) is 5.92 Å². The van der Waals surface area contributed by atoms with Gasteiger partial charge in [0.25, 0.3) is 0 Å². The third-order valence-corrected chi connectivity index (χ3v) is 3.34. The topological polar surface area (TPSA) is 46.5 Å². The van der Waals surface area contributed by atoms with Crippen molar-refractivity contribution in [3.05, 3.63) is 35.9 Å². The van der Waals surface area contributed by atoms with Gasteiger partial charge in [-0.05, 0) is 26.3 Å². The molecule has 1 aromatic rings. The second-order valence-electron chi connectivity index (χ2n) is 5.09. The normalized spacial score (nSPS) is 14.9. The molecule has 1 rings (SSSR count). The standard InChI is InChI=1S/C15H22O3/c1-5-18-14(17)15(3,4)13(16)11(2)12-9-7-6-8-10-12/h6-11,13,16H,5H2,1-4H3/t11-,13+/m1/s1. The monoisotopic (exact) mass is 250 g/mol. The Morgan fingerprint density at radius 1 is 1.33 bits per heavy atom. The van der Waals surface area contributed by atoms with Crippen molar-refractivity contribution in [2.75, 3.05) is 6.61 Å². The fourth-order valence-corrected chi connectivity index (χ4v) is 2.00. The third kappa shape index (κ3) is 3.10. The number of hydrogen-bond acceptors (Lipinski definition) is 3. The highest BCUT2D eigenvalue weighted by atomic mass is 16.5. The molecule has 0 bridgehead atoms. The van der Waals surface area contributed by atoms with Gasteiger partial charge in [-0.2, -0.15) is 0 Å². The average Bonchev–Trinajstić information content (AvgIpc) is 2.38. The van der Waals surface area contributed by atoms with Crippen LogP contribution >= 0.6 is 0 Å². The van der Waals surface area contributed by atoms with Gasteiger partial charge in [-0.1, -0.05) is 37.3 Å². The number of aliphatic hydroxyl groups is 1. The van der Waals surface area contributed by atoms with Crippen molar-refractivity contribution in [2.45, 2.75) is 39.7 Å². The van der Waals surface area contributed by atoms with E-state index in [-0.39, 0.29) is 11.9 Å². The van der Waals surface area contributed by atoms with Crippen LogP contribution in [0, 0.1) is 5.41 Å². The summed E-state index contributed by atoms with van der Waals surface area (Å²) in [5.41, 5.74) is 0.105. The zero-order valence-corrected chi connectivity index (χ0v) is 11.5. The molecule has 0 saturated carbocycles. The van der Waals surface area contributed by atoms with Crippen LogP contribution in [0.5, 0.6) is 0 Å². The minimum absolute atomic E-state index is 0.120. The first-order valence-corrected chi connectivity index (χ1v) is 6.31. The SMILES string of the molecule is CCOC(=O)C(C)(C)[C@@H](O)[C@H](C)c1ccccc1.